The fraction of sp³-hybridized carbons (Fsp3) is 0.208. The fourth-order valence-corrected chi connectivity index (χ4v) is 5.49. The van der Waals surface area contributed by atoms with Crippen LogP contribution in [0.15, 0.2) is 48.5 Å². The number of hydrogen-bond donors (Lipinski definition) is 0. The highest BCUT2D eigenvalue weighted by atomic mass is 32.1. The lowest BCUT2D eigenvalue weighted by atomic mass is 9.97. The molecule has 0 radical (unpaired) electrons. The van der Waals surface area contributed by atoms with E-state index in [1.165, 1.54) is 41.0 Å². The third kappa shape index (κ3) is 3.04. The molecule has 5 nitrogen and oxygen atoms in total. The van der Waals surface area contributed by atoms with Gasteiger partial charge in [0.25, 0.3) is 5.69 Å². The van der Waals surface area contributed by atoms with Gasteiger partial charge in [-0.1, -0.05) is 29.8 Å². The summed E-state index contributed by atoms with van der Waals surface area (Å²) in [6, 6.07) is 15.4. The molecule has 0 aliphatic heterocycles. The van der Waals surface area contributed by atoms with E-state index in [4.69, 9.17) is 9.72 Å². The van der Waals surface area contributed by atoms with Crippen LogP contribution in [0, 0.1) is 17.0 Å². The van der Waals surface area contributed by atoms with Crippen LogP contribution in [0.5, 0.6) is 5.75 Å². The molecule has 0 amide bonds. The Balaban J connectivity index is 1.79. The minimum atomic E-state index is -0.371. The van der Waals surface area contributed by atoms with Crippen LogP contribution < -0.4 is 4.74 Å². The van der Waals surface area contributed by atoms with E-state index in [1.807, 2.05) is 6.07 Å². The molecule has 0 saturated carbocycles. The van der Waals surface area contributed by atoms with Gasteiger partial charge in [0.1, 0.15) is 10.6 Å². The van der Waals surface area contributed by atoms with Crippen molar-refractivity contribution in [2.75, 3.05) is 7.11 Å². The lowest BCUT2D eigenvalue weighted by Crippen LogP contribution is -1.96. The first-order chi connectivity index (χ1) is 14.5. The fourth-order valence-electron chi connectivity index (χ4n) is 4.20. The van der Waals surface area contributed by atoms with Gasteiger partial charge in [0.05, 0.1) is 29.4 Å². The molecule has 0 saturated heterocycles. The third-order valence-electron chi connectivity index (χ3n) is 5.72. The second kappa shape index (κ2) is 7.22. The minimum absolute atomic E-state index is 0.000142. The highest BCUT2D eigenvalue weighted by Crippen LogP contribution is 2.44. The number of hydrogen-bond acceptors (Lipinski definition) is 5. The van der Waals surface area contributed by atoms with Crippen LogP contribution in [0.25, 0.3) is 32.6 Å². The van der Waals surface area contributed by atoms with Gasteiger partial charge in [0.2, 0.25) is 0 Å². The molecule has 0 N–H and O–H groups in total. The number of nitro benzene ring substituents is 1. The predicted octanol–water partition coefficient (Wildman–Crippen LogP) is 6.34. The van der Waals surface area contributed by atoms with Crippen LogP contribution in [-0.4, -0.2) is 17.0 Å². The van der Waals surface area contributed by atoms with Crippen LogP contribution in [0.1, 0.15) is 22.4 Å². The number of methoxy groups -OCH3 is 1. The lowest BCUT2D eigenvalue weighted by Gasteiger charge is -2.11. The highest BCUT2D eigenvalue weighted by Gasteiger charge is 2.24. The Morgan fingerprint density at radius 1 is 1.07 bits per heavy atom. The van der Waals surface area contributed by atoms with Gasteiger partial charge in [0.15, 0.2) is 0 Å². The highest BCUT2D eigenvalue weighted by molar-refractivity contribution is 7.19. The summed E-state index contributed by atoms with van der Waals surface area (Å²) in [5.74, 6) is 0.459. The van der Waals surface area contributed by atoms with E-state index < -0.39 is 0 Å². The van der Waals surface area contributed by atoms with Crippen molar-refractivity contribution in [1.82, 2.24) is 4.98 Å². The number of nitrogens with zero attached hydrogens (tertiary/aromatic N) is 2. The Morgan fingerprint density at radius 2 is 1.87 bits per heavy atom. The number of benzene rings is 2. The number of rotatable bonds is 4. The molecule has 0 spiro atoms. The first kappa shape index (κ1) is 18.8. The molecule has 0 unspecified atom stereocenters. The van der Waals surface area contributed by atoms with Crippen molar-refractivity contribution < 1.29 is 9.66 Å². The number of thiophene rings is 1. The van der Waals surface area contributed by atoms with Crippen molar-refractivity contribution in [3.8, 4) is 28.1 Å². The van der Waals surface area contributed by atoms with Gasteiger partial charge in [-0.05, 0) is 61.1 Å². The average Bonchev–Trinajstić information content (AvgIpc) is 3.34. The van der Waals surface area contributed by atoms with Gasteiger partial charge in [-0.25, -0.2) is 4.98 Å². The lowest BCUT2D eigenvalue weighted by molar-refractivity contribution is -0.384. The zero-order chi connectivity index (χ0) is 20.8. The van der Waals surface area contributed by atoms with Crippen molar-refractivity contribution in [3.05, 3.63) is 74.6 Å². The van der Waals surface area contributed by atoms with Gasteiger partial charge in [-0.2, -0.15) is 0 Å². The second-order valence-corrected chi connectivity index (χ2v) is 8.68. The molecule has 4 aromatic rings. The summed E-state index contributed by atoms with van der Waals surface area (Å²) >= 11 is 1.72. The monoisotopic (exact) mass is 416 g/mol. The summed E-state index contributed by atoms with van der Waals surface area (Å²) in [5.41, 5.74) is 5.93. The van der Waals surface area contributed by atoms with Crippen LogP contribution >= 0.6 is 11.3 Å². The number of aryl methyl sites for hydroxylation is 3. The van der Waals surface area contributed by atoms with E-state index in [0.29, 0.717) is 17.0 Å². The summed E-state index contributed by atoms with van der Waals surface area (Å²) in [5, 5.41) is 13.0. The van der Waals surface area contributed by atoms with Gasteiger partial charge < -0.3 is 4.74 Å². The third-order valence-corrected chi connectivity index (χ3v) is 6.90. The van der Waals surface area contributed by atoms with Crippen molar-refractivity contribution in [1.29, 1.82) is 0 Å². The maximum Gasteiger partial charge on any atom is 0.282 e. The number of nitro groups is 1. The van der Waals surface area contributed by atoms with Crippen molar-refractivity contribution >= 4 is 27.2 Å². The Hall–Kier alpha value is -3.25. The molecule has 30 heavy (non-hydrogen) atoms. The maximum atomic E-state index is 11.8. The standard InChI is InChI=1S/C24H20N2O3S/c1-14-6-8-15(9-7-14)19-13-20(17-11-10-16(29-2)12-21(17)26(27)28)25-24-23(19)18-4-3-5-22(18)30-24/h6-13H,3-5H2,1-2H3. The Labute approximate surface area is 178 Å². The molecular weight excluding hydrogens is 396 g/mol. The van der Waals surface area contributed by atoms with Gasteiger partial charge in [-0.15, -0.1) is 11.3 Å². The Kier molecular flexibility index (Phi) is 4.51. The molecule has 2 aromatic heterocycles. The molecule has 5 rings (SSSR count). The Morgan fingerprint density at radius 3 is 2.60 bits per heavy atom. The molecule has 6 heteroatoms. The second-order valence-electron chi connectivity index (χ2n) is 7.60. The zero-order valence-electron chi connectivity index (χ0n) is 16.8. The van der Waals surface area contributed by atoms with Gasteiger partial charge in [-0.3, -0.25) is 10.1 Å². The molecule has 1 aliphatic rings. The summed E-state index contributed by atoms with van der Waals surface area (Å²) in [7, 11) is 1.51. The molecule has 0 bridgehead atoms. The molecule has 1 aliphatic carbocycles. The first-order valence-electron chi connectivity index (χ1n) is 9.90. The quantitative estimate of drug-likeness (QED) is 0.287. The minimum Gasteiger partial charge on any atom is -0.497 e. The summed E-state index contributed by atoms with van der Waals surface area (Å²) in [6.45, 7) is 2.07. The van der Waals surface area contributed by atoms with Crippen LogP contribution in [0.3, 0.4) is 0 Å². The molecule has 0 fully saturated rings. The average molecular weight is 417 g/mol. The van der Waals surface area contributed by atoms with Gasteiger partial charge >= 0.3 is 0 Å². The molecular formula is C24H20N2O3S. The van der Waals surface area contributed by atoms with Crippen LogP contribution in [0.4, 0.5) is 5.69 Å². The van der Waals surface area contributed by atoms with E-state index in [1.54, 1.807) is 23.5 Å². The number of ether oxygens (including phenoxy) is 1. The van der Waals surface area contributed by atoms with E-state index in [9.17, 15) is 10.1 Å². The summed E-state index contributed by atoms with van der Waals surface area (Å²) < 4.78 is 5.19. The molecule has 150 valence electrons. The zero-order valence-corrected chi connectivity index (χ0v) is 17.6. The van der Waals surface area contributed by atoms with Crippen molar-refractivity contribution in [2.24, 2.45) is 0 Å². The van der Waals surface area contributed by atoms with E-state index >= 15 is 0 Å². The summed E-state index contributed by atoms with van der Waals surface area (Å²) in [6.07, 6.45) is 3.33. The molecule has 2 heterocycles. The van der Waals surface area contributed by atoms with E-state index in [0.717, 1.165) is 28.8 Å². The SMILES string of the molecule is COc1ccc(-c2cc(-c3ccc(C)cc3)c3c4c(sc3n2)CCC4)c([N+](=O)[O-])c1. The predicted molar refractivity (Wildman–Crippen MR) is 120 cm³/mol. The number of aromatic nitrogens is 1. The summed E-state index contributed by atoms with van der Waals surface area (Å²) in [4.78, 5) is 18.6. The first-order valence-corrected chi connectivity index (χ1v) is 10.7. The largest absolute Gasteiger partial charge is 0.497 e. The Bertz CT molecular complexity index is 1290. The van der Waals surface area contributed by atoms with E-state index in [2.05, 4.69) is 31.2 Å². The topological polar surface area (TPSA) is 65.3 Å². The van der Waals surface area contributed by atoms with Crippen LogP contribution in [-0.2, 0) is 12.8 Å². The van der Waals surface area contributed by atoms with Crippen molar-refractivity contribution in [2.45, 2.75) is 26.2 Å². The smallest absolute Gasteiger partial charge is 0.282 e. The number of pyridine rings is 1. The maximum absolute atomic E-state index is 11.8. The van der Waals surface area contributed by atoms with E-state index in [-0.39, 0.29) is 10.6 Å². The number of fused-ring (bicyclic) bond motifs is 3. The molecule has 2 aromatic carbocycles. The normalized spacial score (nSPS) is 12.9. The molecule has 0 atom stereocenters. The van der Waals surface area contributed by atoms with Crippen molar-refractivity contribution in [3.63, 3.8) is 0 Å². The van der Waals surface area contributed by atoms with Crippen LogP contribution in [0.2, 0.25) is 0 Å². The van der Waals surface area contributed by atoms with Gasteiger partial charge in [0, 0.05) is 10.3 Å².